The second kappa shape index (κ2) is 7.22. The molecule has 5 nitrogen and oxygen atoms in total. The van der Waals surface area contributed by atoms with Crippen LogP contribution in [-0.2, 0) is 14.3 Å². The first-order valence-corrected chi connectivity index (χ1v) is 5.57. The van der Waals surface area contributed by atoms with E-state index < -0.39 is 18.1 Å². The third-order valence-corrected chi connectivity index (χ3v) is 2.58. The number of hydrogen-bond donors (Lipinski definition) is 1. The maximum atomic E-state index is 11.6. The van der Waals surface area contributed by atoms with E-state index in [1.165, 1.54) is 0 Å². The van der Waals surface area contributed by atoms with Crippen LogP contribution in [0.3, 0.4) is 0 Å². The van der Waals surface area contributed by atoms with Crippen molar-refractivity contribution in [3.8, 4) is 0 Å². The molecule has 0 aromatic rings. The molecule has 0 aromatic heterocycles. The summed E-state index contributed by atoms with van der Waals surface area (Å²) in [6.45, 7) is 5.56. The summed E-state index contributed by atoms with van der Waals surface area (Å²) < 4.78 is 4.93. The summed E-state index contributed by atoms with van der Waals surface area (Å²) >= 11 is 0. The summed E-state index contributed by atoms with van der Waals surface area (Å²) in [4.78, 5) is 24.0. The highest BCUT2D eigenvalue weighted by molar-refractivity contribution is 5.78. The third kappa shape index (κ3) is 4.18. The molecular formula is C11H21NO4. The zero-order valence-corrected chi connectivity index (χ0v) is 10.4. The lowest BCUT2D eigenvalue weighted by Gasteiger charge is -2.28. The lowest BCUT2D eigenvalue weighted by atomic mass is 10.1. The molecule has 0 aromatic carbocycles. The molecule has 0 saturated heterocycles. The Hall–Kier alpha value is -1.10. The van der Waals surface area contributed by atoms with Gasteiger partial charge in [0.05, 0.1) is 6.61 Å². The van der Waals surface area contributed by atoms with Gasteiger partial charge >= 0.3 is 11.9 Å². The van der Waals surface area contributed by atoms with Crippen molar-refractivity contribution in [1.29, 1.82) is 0 Å². The van der Waals surface area contributed by atoms with Gasteiger partial charge in [0.1, 0.15) is 12.1 Å². The van der Waals surface area contributed by atoms with Crippen molar-refractivity contribution in [1.82, 2.24) is 4.90 Å². The quantitative estimate of drug-likeness (QED) is 0.665. The van der Waals surface area contributed by atoms with E-state index >= 15 is 0 Å². The Morgan fingerprint density at radius 1 is 1.38 bits per heavy atom. The smallest absolute Gasteiger partial charge is 0.323 e. The first kappa shape index (κ1) is 14.9. The molecular weight excluding hydrogens is 210 g/mol. The highest BCUT2D eigenvalue weighted by atomic mass is 16.5. The van der Waals surface area contributed by atoms with Crippen molar-refractivity contribution in [3.05, 3.63) is 0 Å². The van der Waals surface area contributed by atoms with Gasteiger partial charge in [-0.3, -0.25) is 14.5 Å². The molecule has 0 fully saturated rings. The first-order valence-electron chi connectivity index (χ1n) is 5.57. The molecule has 0 bridgehead atoms. The van der Waals surface area contributed by atoms with Crippen LogP contribution < -0.4 is 0 Å². The molecule has 5 heteroatoms. The van der Waals surface area contributed by atoms with Crippen LogP contribution in [0.4, 0.5) is 0 Å². The number of ether oxygens (including phenoxy) is 1. The number of carboxylic acid groups (broad SMARTS) is 1. The monoisotopic (exact) mass is 231 g/mol. The van der Waals surface area contributed by atoms with E-state index in [9.17, 15) is 9.59 Å². The second-order valence-electron chi connectivity index (χ2n) is 3.74. The van der Waals surface area contributed by atoms with Gasteiger partial charge in [0.25, 0.3) is 0 Å². The number of likely N-dealkylation sites (N-methyl/N-ethyl adjacent to an activating group) is 1. The van der Waals surface area contributed by atoms with Crippen molar-refractivity contribution in [2.24, 2.45) is 0 Å². The van der Waals surface area contributed by atoms with Crippen LogP contribution >= 0.6 is 0 Å². The number of carboxylic acids is 1. The third-order valence-electron chi connectivity index (χ3n) is 2.58. The Kier molecular flexibility index (Phi) is 6.72. The predicted molar refractivity (Wildman–Crippen MR) is 60.2 cm³/mol. The number of rotatable bonds is 7. The summed E-state index contributed by atoms with van der Waals surface area (Å²) in [5.74, 6) is -1.28. The topological polar surface area (TPSA) is 66.8 Å². The second-order valence-corrected chi connectivity index (χ2v) is 3.74. The van der Waals surface area contributed by atoms with Gasteiger partial charge in [-0.25, -0.2) is 0 Å². The van der Waals surface area contributed by atoms with E-state index in [1.54, 1.807) is 25.8 Å². The van der Waals surface area contributed by atoms with Crippen LogP contribution in [0.1, 0.15) is 33.6 Å². The van der Waals surface area contributed by atoms with E-state index in [0.29, 0.717) is 13.0 Å². The maximum absolute atomic E-state index is 11.6. The fourth-order valence-electron chi connectivity index (χ4n) is 1.44. The van der Waals surface area contributed by atoms with Gasteiger partial charge in [-0.15, -0.1) is 0 Å². The van der Waals surface area contributed by atoms with Crippen molar-refractivity contribution >= 4 is 11.9 Å². The summed E-state index contributed by atoms with van der Waals surface area (Å²) in [6, 6.07) is -1.17. The van der Waals surface area contributed by atoms with E-state index in [-0.39, 0.29) is 5.97 Å². The average molecular weight is 231 g/mol. The number of carbonyl (C=O) groups excluding carboxylic acids is 1. The molecule has 0 aliphatic carbocycles. The van der Waals surface area contributed by atoms with Crippen molar-refractivity contribution < 1.29 is 19.4 Å². The van der Waals surface area contributed by atoms with Gasteiger partial charge in [0, 0.05) is 0 Å². The minimum atomic E-state index is -0.937. The van der Waals surface area contributed by atoms with Crippen molar-refractivity contribution in [2.45, 2.75) is 45.7 Å². The summed E-state index contributed by atoms with van der Waals surface area (Å²) in [7, 11) is 1.63. The Morgan fingerprint density at radius 2 is 1.94 bits per heavy atom. The molecule has 16 heavy (non-hydrogen) atoms. The molecule has 94 valence electrons. The van der Waals surface area contributed by atoms with Gasteiger partial charge in [-0.05, 0) is 27.3 Å². The van der Waals surface area contributed by atoms with E-state index in [2.05, 4.69) is 0 Å². The van der Waals surface area contributed by atoms with Crippen LogP contribution in [0.15, 0.2) is 0 Å². The van der Waals surface area contributed by atoms with Gasteiger partial charge in [0.2, 0.25) is 0 Å². The molecule has 2 atom stereocenters. The minimum absolute atomic E-state index is 0.314. The normalized spacial score (nSPS) is 14.6. The summed E-state index contributed by atoms with van der Waals surface area (Å²) in [6.07, 6.45) is 1.41. The zero-order chi connectivity index (χ0) is 12.7. The molecule has 0 radical (unpaired) electrons. The van der Waals surface area contributed by atoms with Crippen LogP contribution in [0, 0.1) is 0 Å². The van der Waals surface area contributed by atoms with E-state index in [0.717, 1.165) is 6.42 Å². The molecule has 0 spiro atoms. The number of nitrogens with zero attached hydrogens (tertiary/aromatic N) is 1. The molecule has 0 saturated carbocycles. The van der Waals surface area contributed by atoms with E-state index in [1.807, 2.05) is 6.92 Å². The Bertz CT molecular complexity index is 242. The molecule has 1 N–H and O–H groups in total. The number of aliphatic carboxylic acids is 1. The van der Waals surface area contributed by atoms with E-state index in [4.69, 9.17) is 9.84 Å². The lowest BCUT2D eigenvalue weighted by Crippen LogP contribution is -2.47. The predicted octanol–water partition coefficient (Wildman–Crippen LogP) is 1.12. The van der Waals surface area contributed by atoms with Crippen LogP contribution in [-0.4, -0.2) is 47.7 Å². The first-order chi connectivity index (χ1) is 7.45. The molecule has 0 heterocycles. The molecule has 0 aliphatic rings. The largest absolute Gasteiger partial charge is 0.480 e. The van der Waals surface area contributed by atoms with Crippen molar-refractivity contribution in [3.63, 3.8) is 0 Å². The maximum Gasteiger partial charge on any atom is 0.323 e. The molecule has 0 amide bonds. The highest BCUT2D eigenvalue weighted by Gasteiger charge is 2.29. The lowest BCUT2D eigenvalue weighted by molar-refractivity contribution is -0.153. The summed E-state index contributed by atoms with van der Waals surface area (Å²) in [5, 5.41) is 8.89. The SMILES string of the molecule is CCC[C@@H](C(=O)OCC)N(C)[C@@H](C)C(=O)O. The van der Waals surface area contributed by atoms with Gasteiger partial charge < -0.3 is 9.84 Å². The van der Waals surface area contributed by atoms with Crippen LogP contribution in [0.2, 0.25) is 0 Å². The Labute approximate surface area is 96.4 Å². The fourth-order valence-corrected chi connectivity index (χ4v) is 1.44. The zero-order valence-electron chi connectivity index (χ0n) is 10.4. The van der Waals surface area contributed by atoms with Gasteiger partial charge in [-0.2, -0.15) is 0 Å². The Balaban J connectivity index is 4.62. The number of hydrogen-bond acceptors (Lipinski definition) is 4. The molecule has 0 unspecified atom stereocenters. The van der Waals surface area contributed by atoms with Crippen molar-refractivity contribution in [2.75, 3.05) is 13.7 Å². The molecule has 0 rings (SSSR count). The fraction of sp³-hybridized carbons (Fsp3) is 0.818. The Morgan fingerprint density at radius 3 is 2.31 bits per heavy atom. The highest BCUT2D eigenvalue weighted by Crippen LogP contribution is 2.11. The standard InChI is InChI=1S/C11H21NO4/c1-5-7-9(11(15)16-6-2)12(4)8(3)10(13)14/h8-9H,5-7H2,1-4H3,(H,13,14)/t8-,9-/m0/s1. The molecule has 0 aliphatic heterocycles. The number of esters is 1. The summed E-state index contributed by atoms with van der Waals surface area (Å²) in [5.41, 5.74) is 0. The van der Waals surface area contributed by atoms with Gasteiger partial charge in [-0.1, -0.05) is 13.3 Å². The van der Waals surface area contributed by atoms with Gasteiger partial charge in [0.15, 0.2) is 0 Å². The van der Waals surface area contributed by atoms with Crippen LogP contribution in [0.25, 0.3) is 0 Å². The van der Waals surface area contributed by atoms with Crippen LogP contribution in [0.5, 0.6) is 0 Å². The average Bonchev–Trinajstić information content (AvgIpc) is 2.24. The number of carbonyl (C=O) groups is 2. The minimum Gasteiger partial charge on any atom is -0.480 e.